The van der Waals surface area contributed by atoms with Crippen LogP contribution in [0.25, 0.3) is 6.08 Å². The standard InChI is InChI=1S/C12H9F3O2/c1-8(16)2-3-9-4-6-10(7-5-9)17-12(15)11(13)14/h2-7H,1H3. The van der Waals surface area contributed by atoms with E-state index < -0.39 is 12.1 Å². The van der Waals surface area contributed by atoms with Crippen LogP contribution in [0, 0.1) is 0 Å². The number of carbonyl (C=O) groups is 1. The third kappa shape index (κ3) is 4.55. The van der Waals surface area contributed by atoms with Crippen LogP contribution in [0.4, 0.5) is 13.2 Å². The molecule has 0 amide bonds. The van der Waals surface area contributed by atoms with Crippen LogP contribution in [0.15, 0.2) is 42.4 Å². The molecule has 17 heavy (non-hydrogen) atoms. The van der Waals surface area contributed by atoms with Crippen molar-refractivity contribution in [1.82, 2.24) is 0 Å². The Morgan fingerprint density at radius 3 is 2.24 bits per heavy atom. The lowest BCUT2D eigenvalue weighted by Crippen LogP contribution is -1.90. The molecule has 0 bridgehead atoms. The zero-order chi connectivity index (χ0) is 12.8. The van der Waals surface area contributed by atoms with Crippen molar-refractivity contribution < 1.29 is 22.7 Å². The molecule has 0 spiro atoms. The van der Waals surface area contributed by atoms with E-state index in [1.54, 1.807) is 6.08 Å². The highest BCUT2D eigenvalue weighted by Crippen LogP contribution is 2.19. The highest BCUT2D eigenvalue weighted by molar-refractivity contribution is 5.91. The molecule has 0 N–H and O–H groups in total. The van der Waals surface area contributed by atoms with Crippen LogP contribution >= 0.6 is 0 Å². The lowest BCUT2D eigenvalue weighted by molar-refractivity contribution is -0.112. The molecule has 0 fully saturated rings. The molecule has 0 saturated heterocycles. The van der Waals surface area contributed by atoms with Crippen LogP contribution < -0.4 is 4.74 Å². The van der Waals surface area contributed by atoms with E-state index in [2.05, 4.69) is 4.74 Å². The Balaban J connectivity index is 2.75. The number of hydrogen-bond donors (Lipinski definition) is 0. The van der Waals surface area contributed by atoms with Gasteiger partial charge in [-0.05, 0) is 30.7 Å². The van der Waals surface area contributed by atoms with Crippen molar-refractivity contribution in [2.75, 3.05) is 0 Å². The number of hydrogen-bond acceptors (Lipinski definition) is 2. The molecule has 0 aromatic heterocycles. The van der Waals surface area contributed by atoms with Gasteiger partial charge in [0.1, 0.15) is 5.75 Å². The van der Waals surface area contributed by atoms with Gasteiger partial charge in [0.2, 0.25) is 0 Å². The summed E-state index contributed by atoms with van der Waals surface area (Å²) in [5.41, 5.74) is 0.678. The van der Waals surface area contributed by atoms with Crippen molar-refractivity contribution in [2.45, 2.75) is 6.92 Å². The molecule has 0 atom stereocenters. The maximum atomic E-state index is 12.4. The minimum atomic E-state index is -2.51. The summed E-state index contributed by atoms with van der Waals surface area (Å²) in [6.07, 6.45) is 0.400. The second kappa shape index (κ2) is 5.89. The van der Waals surface area contributed by atoms with Gasteiger partial charge in [0.25, 0.3) is 0 Å². The van der Waals surface area contributed by atoms with Crippen molar-refractivity contribution >= 4 is 11.9 Å². The summed E-state index contributed by atoms with van der Waals surface area (Å²) in [4.78, 5) is 10.7. The number of ketones is 1. The third-order valence-electron chi connectivity index (χ3n) is 1.75. The molecule has 90 valence electrons. The summed E-state index contributed by atoms with van der Waals surface area (Å²) in [5.74, 6) is -0.158. The topological polar surface area (TPSA) is 26.3 Å². The molecule has 0 radical (unpaired) electrons. The van der Waals surface area contributed by atoms with Gasteiger partial charge in [0, 0.05) is 0 Å². The predicted octanol–water partition coefficient (Wildman–Crippen LogP) is 3.70. The molecular weight excluding hydrogens is 233 g/mol. The van der Waals surface area contributed by atoms with E-state index in [1.807, 2.05) is 0 Å². The van der Waals surface area contributed by atoms with Crippen LogP contribution in [0.3, 0.4) is 0 Å². The maximum Gasteiger partial charge on any atom is 0.344 e. The lowest BCUT2D eigenvalue weighted by Gasteiger charge is -2.01. The molecule has 0 saturated carbocycles. The zero-order valence-electron chi connectivity index (χ0n) is 8.91. The van der Waals surface area contributed by atoms with E-state index in [4.69, 9.17) is 0 Å². The second-order valence-electron chi connectivity index (χ2n) is 3.15. The van der Waals surface area contributed by atoms with E-state index in [0.29, 0.717) is 5.56 Å². The van der Waals surface area contributed by atoms with E-state index >= 15 is 0 Å². The fraction of sp³-hybridized carbons (Fsp3) is 0.0833. The Hall–Kier alpha value is -2.04. The normalized spacial score (nSPS) is 10.4. The summed E-state index contributed by atoms with van der Waals surface area (Å²) >= 11 is 0. The van der Waals surface area contributed by atoms with Gasteiger partial charge in [0.05, 0.1) is 0 Å². The Morgan fingerprint density at radius 1 is 1.18 bits per heavy atom. The van der Waals surface area contributed by atoms with Crippen molar-refractivity contribution in [3.05, 3.63) is 48.0 Å². The molecule has 0 unspecified atom stereocenters. The smallest absolute Gasteiger partial charge is 0.344 e. The van der Waals surface area contributed by atoms with Gasteiger partial charge >= 0.3 is 12.1 Å². The van der Waals surface area contributed by atoms with Crippen LogP contribution in [-0.2, 0) is 4.79 Å². The number of rotatable bonds is 4. The van der Waals surface area contributed by atoms with Gasteiger partial charge in [-0.1, -0.05) is 18.2 Å². The highest BCUT2D eigenvalue weighted by atomic mass is 19.3. The minimum Gasteiger partial charge on any atom is -0.428 e. The average molecular weight is 242 g/mol. The highest BCUT2D eigenvalue weighted by Gasteiger charge is 2.07. The fourth-order valence-corrected chi connectivity index (χ4v) is 1.00. The molecule has 0 aliphatic rings. The van der Waals surface area contributed by atoms with Crippen LogP contribution in [0.2, 0.25) is 0 Å². The van der Waals surface area contributed by atoms with Crippen LogP contribution in [0.5, 0.6) is 5.75 Å². The van der Waals surface area contributed by atoms with Gasteiger partial charge in [-0.2, -0.15) is 13.2 Å². The van der Waals surface area contributed by atoms with Crippen LogP contribution in [0.1, 0.15) is 12.5 Å². The number of carbonyl (C=O) groups excluding carboxylic acids is 1. The fourth-order valence-electron chi connectivity index (χ4n) is 1.00. The van der Waals surface area contributed by atoms with E-state index in [-0.39, 0.29) is 11.5 Å². The summed E-state index contributed by atoms with van der Waals surface area (Å²) in [6, 6.07) is 3.75. The Kier molecular flexibility index (Phi) is 4.51. The summed E-state index contributed by atoms with van der Waals surface area (Å²) in [5, 5.41) is 0. The summed E-state index contributed by atoms with van der Waals surface area (Å²) in [6.45, 7) is 1.40. The molecule has 1 rings (SSSR count). The Labute approximate surface area is 96.0 Å². The first kappa shape index (κ1) is 13.0. The first-order valence-electron chi connectivity index (χ1n) is 4.66. The minimum absolute atomic E-state index is 0.0460. The number of halogens is 3. The van der Waals surface area contributed by atoms with Crippen molar-refractivity contribution in [3.8, 4) is 5.75 Å². The second-order valence-corrected chi connectivity index (χ2v) is 3.15. The third-order valence-corrected chi connectivity index (χ3v) is 1.75. The zero-order valence-corrected chi connectivity index (χ0v) is 8.91. The number of benzene rings is 1. The van der Waals surface area contributed by atoms with Crippen molar-refractivity contribution in [2.24, 2.45) is 0 Å². The van der Waals surface area contributed by atoms with Crippen molar-refractivity contribution in [1.29, 1.82) is 0 Å². The summed E-state index contributed by atoms with van der Waals surface area (Å²) < 4.78 is 40.1. The van der Waals surface area contributed by atoms with E-state index in [0.717, 1.165) is 0 Å². The quantitative estimate of drug-likeness (QED) is 0.594. The lowest BCUT2D eigenvalue weighted by atomic mass is 10.2. The summed E-state index contributed by atoms with van der Waals surface area (Å²) in [7, 11) is 0. The van der Waals surface area contributed by atoms with Crippen molar-refractivity contribution in [3.63, 3.8) is 0 Å². The SMILES string of the molecule is CC(=O)C=Cc1ccc(OC(F)=C(F)F)cc1. The van der Waals surface area contributed by atoms with Gasteiger partial charge in [-0.25, -0.2) is 0 Å². The van der Waals surface area contributed by atoms with E-state index in [9.17, 15) is 18.0 Å². The molecule has 1 aromatic carbocycles. The molecule has 0 aliphatic carbocycles. The number of ether oxygens (including phenoxy) is 1. The molecule has 5 heteroatoms. The van der Waals surface area contributed by atoms with Gasteiger partial charge in [0.15, 0.2) is 5.78 Å². The maximum absolute atomic E-state index is 12.4. The van der Waals surface area contributed by atoms with Gasteiger partial charge < -0.3 is 4.74 Å². The average Bonchev–Trinajstić information content (AvgIpc) is 2.28. The number of allylic oxidation sites excluding steroid dienone is 1. The largest absolute Gasteiger partial charge is 0.428 e. The van der Waals surface area contributed by atoms with Gasteiger partial charge in [-0.3, -0.25) is 4.79 Å². The monoisotopic (exact) mass is 242 g/mol. The molecule has 1 aromatic rings. The molecule has 0 heterocycles. The molecular formula is C12H9F3O2. The predicted molar refractivity (Wildman–Crippen MR) is 57.1 cm³/mol. The molecule has 0 aliphatic heterocycles. The van der Waals surface area contributed by atoms with Crippen LogP contribution in [-0.4, -0.2) is 5.78 Å². The molecule has 2 nitrogen and oxygen atoms in total. The van der Waals surface area contributed by atoms with Gasteiger partial charge in [-0.15, -0.1) is 0 Å². The Morgan fingerprint density at radius 2 is 1.76 bits per heavy atom. The first-order valence-corrected chi connectivity index (χ1v) is 4.66. The first-order chi connectivity index (χ1) is 7.99. The Bertz CT molecular complexity index is 457. The van der Waals surface area contributed by atoms with E-state index in [1.165, 1.54) is 37.3 Å².